The van der Waals surface area contributed by atoms with E-state index < -0.39 is 0 Å². The average molecular weight is 392 g/mol. The van der Waals surface area contributed by atoms with E-state index in [1.165, 1.54) is 0 Å². The first-order valence-corrected chi connectivity index (χ1v) is 10.2. The van der Waals surface area contributed by atoms with Crippen molar-refractivity contribution in [3.63, 3.8) is 0 Å². The van der Waals surface area contributed by atoms with Crippen molar-refractivity contribution in [2.45, 2.75) is 6.17 Å². The molecule has 0 saturated carbocycles. The number of rotatable bonds is 4. The smallest absolute Gasteiger partial charge is 0.194 e. The zero-order valence-electron chi connectivity index (χ0n) is 16.3. The minimum Gasteiger partial charge on any atom is -0.379 e. The van der Waals surface area contributed by atoms with Gasteiger partial charge < -0.3 is 9.47 Å². The van der Waals surface area contributed by atoms with Gasteiger partial charge in [0.15, 0.2) is 11.6 Å². The molecule has 5 rings (SSSR count). The van der Waals surface area contributed by atoms with Crippen molar-refractivity contribution in [1.29, 1.82) is 0 Å². The topological polar surface area (TPSA) is 59.1 Å². The van der Waals surface area contributed by atoms with Gasteiger partial charge in [0.2, 0.25) is 0 Å². The number of Topliss-reactive ketones (excluding diaryl/α,β-unsaturated/α-hetero) is 1. The van der Waals surface area contributed by atoms with E-state index in [1.807, 2.05) is 36.4 Å². The number of ketones is 2. The largest absolute Gasteiger partial charge is 0.379 e. The maximum atomic E-state index is 13.6. The molecule has 6 heteroatoms. The highest BCUT2D eigenvalue weighted by Crippen LogP contribution is 2.37. The van der Waals surface area contributed by atoms with Gasteiger partial charge in [0, 0.05) is 42.9 Å². The summed E-state index contributed by atoms with van der Waals surface area (Å²) in [5.41, 5.74) is 3.79. The molecule has 0 amide bonds. The number of carbonyl (C=O) groups excluding carboxylic acids is 2. The zero-order chi connectivity index (χ0) is 19.8. The fourth-order valence-corrected chi connectivity index (χ4v) is 4.54. The Balaban J connectivity index is 1.48. The maximum absolute atomic E-state index is 13.6. The highest BCUT2D eigenvalue weighted by Gasteiger charge is 2.35. The van der Waals surface area contributed by atoms with Crippen LogP contribution in [0.15, 0.2) is 42.5 Å². The number of nitrogens with zero attached hydrogens (tertiary/aromatic N) is 2. The summed E-state index contributed by atoms with van der Waals surface area (Å²) < 4.78 is 11.0. The molecule has 150 valence electrons. The van der Waals surface area contributed by atoms with E-state index >= 15 is 0 Å². The van der Waals surface area contributed by atoms with Crippen molar-refractivity contribution in [2.24, 2.45) is 0 Å². The number of morpholine rings is 2. The first-order chi connectivity index (χ1) is 14.2. The van der Waals surface area contributed by atoms with Gasteiger partial charge in [-0.15, -0.1) is 0 Å². The summed E-state index contributed by atoms with van der Waals surface area (Å²) in [6.45, 7) is 5.43. The molecule has 0 spiro atoms. The van der Waals surface area contributed by atoms with Crippen LogP contribution in [0.3, 0.4) is 0 Å². The van der Waals surface area contributed by atoms with E-state index in [-0.39, 0.29) is 17.7 Å². The SMILES string of the molecule is O=C1c2ccccc2-c2ccc(C(=O)C(N3CCOCC3)N3CCOCC3)cc21. The Morgan fingerprint density at radius 2 is 1.31 bits per heavy atom. The third kappa shape index (κ3) is 3.32. The van der Waals surface area contributed by atoms with Gasteiger partial charge in [-0.3, -0.25) is 19.4 Å². The summed E-state index contributed by atoms with van der Waals surface area (Å²) in [5.74, 6) is 0.0416. The van der Waals surface area contributed by atoms with Crippen LogP contribution in [-0.2, 0) is 9.47 Å². The molecular weight excluding hydrogens is 368 g/mol. The van der Waals surface area contributed by atoms with Crippen LogP contribution in [0.1, 0.15) is 26.3 Å². The molecule has 29 heavy (non-hydrogen) atoms. The van der Waals surface area contributed by atoms with E-state index in [4.69, 9.17) is 9.47 Å². The summed E-state index contributed by atoms with van der Waals surface area (Å²) in [6, 6.07) is 13.2. The summed E-state index contributed by atoms with van der Waals surface area (Å²) in [4.78, 5) is 30.9. The lowest BCUT2D eigenvalue weighted by atomic mass is 9.99. The van der Waals surface area contributed by atoms with Crippen LogP contribution >= 0.6 is 0 Å². The minimum absolute atomic E-state index is 0.000421. The highest BCUT2D eigenvalue weighted by atomic mass is 16.5. The molecule has 0 N–H and O–H groups in total. The van der Waals surface area contributed by atoms with Gasteiger partial charge in [-0.25, -0.2) is 0 Å². The van der Waals surface area contributed by atoms with Gasteiger partial charge in [-0.05, 0) is 17.2 Å². The van der Waals surface area contributed by atoms with E-state index in [1.54, 1.807) is 6.07 Å². The van der Waals surface area contributed by atoms with Crippen LogP contribution in [0.5, 0.6) is 0 Å². The second kappa shape index (κ2) is 7.80. The molecule has 0 radical (unpaired) electrons. The molecule has 2 aliphatic heterocycles. The van der Waals surface area contributed by atoms with Crippen LogP contribution in [0.4, 0.5) is 0 Å². The normalized spacial score (nSPS) is 20.0. The Labute approximate surface area is 170 Å². The number of fused-ring (bicyclic) bond motifs is 3. The molecule has 6 nitrogen and oxygen atoms in total. The molecule has 2 heterocycles. The van der Waals surface area contributed by atoms with Crippen molar-refractivity contribution in [1.82, 2.24) is 9.80 Å². The van der Waals surface area contributed by atoms with Crippen molar-refractivity contribution < 1.29 is 19.1 Å². The summed E-state index contributed by atoms with van der Waals surface area (Å²) in [7, 11) is 0. The highest BCUT2D eigenvalue weighted by molar-refractivity contribution is 6.22. The van der Waals surface area contributed by atoms with Gasteiger partial charge >= 0.3 is 0 Å². The third-order valence-corrected chi connectivity index (χ3v) is 6.03. The predicted molar refractivity (Wildman–Crippen MR) is 108 cm³/mol. The minimum atomic E-state index is -0.347. The van der Waals surface area contributed by atoms with Crippen molar-refractivity contribution in [3.8, 4) is 11.1 Å². The first kappa shape index (κ1) is 18.6. The van der Waals surface area contributed by atoms with Crippen LogP contribution in [-0.4, -0.2) is 80.1 Å². The lowest BCUT2D eigenvalue weighted by Gasteiger charge is -2.41. The molecule has 0 bridgehead atoms. The second-order valence-electron chi connectivity index (χ2n) is 7.67. The first-order valence-electron chi connectivity index (χ1n) is 10.2. The standard InChI is InChI=1S/C23H24N2O4/c26-21(23(24-7-11-28-12-8-24)25-9-13-29-14-10-25)16-5-6-18-17-3-1-2-4-19(17)22(27)20(18)15-16/h1-6,15,23H,7-14H2. The molecule has 3 aliphatic rings. The Morgan fingerprint density at radius 3 is 1.93 bits per heavy atom. The summed E-state index contributed by atoms with van der Waals surface area (Å²) >= 11 is 0. The van der Waals surface area contributed by atoms with E-state index in [0.717, 1.165) is 37.3 Å². The van der Waals surface area contributed by atoms with Crippen LogP contribution < -0.4 is 0 Å². The van der Waals surface area contributed by atoms with Crippen molar-refractivity contribution >= 4 is 11.6 Å². The molecule has 2 aromatic rings. The molecule has 2 fully saturated rings. The fraction of sp³-hybridized carbons (Fsp3) is 0.391. The van der Waals surface area contributed by atoms with Crippen LogP contribution in [0, 0.1) is 0 Å². The van der Waals surface area contributed by atoms with E-state index in [9.17, 15) is 9.59 Å². The number of hydrogen-bond donors (Lipinski definition) is 0. The molecule has 0 unspecified atom stereocenters. The third-order valence-electron chi connectivity index (χ3n) is 6.03. The lowest BCUT2D eigenvalue weighted by Crippen LogP contribution is -2.58. The molecule has 0 atom stereocenters. The van der Waals surface area contributed by atoms with E-state index in [2.05, 4.69) is 9.80 Å². The Morgan fingerprint density at radius 1 is 0.759 bits per heavy atom. The molecule has 2 saturated heterocycles. The molecule has 2 aromatic carbocycles. The average Bonchev–Trinajstić information content (AvgIpc) is 3.07. The van der Waals surface area contributed by atoms with Crippen molar-refractivity contribution in [3.05, 3.63) is 59.2 Å². The maximum Gasteiger partial charge on any atom is 0.194 e. The van der Waals surface area contributed by atoms with Gasteiger partial charge in [-0.1, -0.05) is 36.4 Å². The fourth-order valence-electron chi connectivity index (χ4n) is 4.54. The van der Waals surface area contributed by atoms with Crippen LogP contribution in [0.25, 0.3) is 11.1 Å². The Kier molecular flexibility index (Phi) is 5.01. The van der Waals surface area contributed by atoms with Gasteiger partial charge in [0.05, 0.1) is 26.4 Å². The quantitative estimate of drug-likeness (QED) is 0.634. The van der Waals surface area contributed by atoms with Crippen LogP contribution in [0.2, 0.25) is 0 Å². The lowest BCUT2D eigenvalue weighted by molar-refractivity contribution is -0.0537. The van der Waals surface area contributed by atoms with Crippen molar-refractivity contribution in [2.75, 3.05) is 52.6 Å². The molecular formula is C23H24N2O4. The predicted octanol–water partition coefficient (Wildman–Crippen LogP) is 2.07. The Bertz CT molecular complexity index is 928. The van der Waals surface area contributed by atoms with Gasteiger partial charge in [0.1, 0.15) is 6.17 Å². The Hall–Kier alpha value is -2.38. The number of benzene rings is 2. The second-order valence-corrected chi connectivity index (χ2v) is 7.67. The molecule has 1 aliphatic carbocycles. The zero-order valence-corrected chi connectivity index (χ0v) is 16.3. The number of hydrogen-bond acceptors (Lipinski definition) is 6. The number of ether oxygens (including phenoxy) is 2. The van der Waals surface area contributed by atoms with Gasteiger partial charge in [0.25, 0.3) is 0 Å². The summed E-state index contributed by atoms with van der Waals surface area (Å²) in [6.07, 6.45) is -0.347. The number of carbonyl (C=O) groups is 2. The monoisotopic (exact) mass is 392 g/mol. The van der Waals surface area contributed by atoms with E-state index in [0.29, 0.717) is 43.1 Å². The molecule has 0 aromatic heterocycles. The van der Waals surface area contributed by atoms with Gasteiger partial charge in [-0.2, -0.15) is 0 Å². The summed E-state index contributed by atoms with van der Waals surface area (Å²) in [5, 5.41) is 0.